The average molecular weight is 427 g/mol. The molecule has 1 aliphatic heterocycles. The topological polar surface area (TPSA) is 56.7 Å². The molecule has 1 saturated heterocycles. The summed E-state index contributed by atoms with van der Waals surface area (Å²) in [5.74, 6) is 2.63. The van der Waals surface area contributed by atoms with Crippen LogP contribution in [-0.2, 0) is 6.54 Å². The van der Waals surface area contributed by atoms with Crippen LogP contribution in [0.1, 0.15) is 18.2 Å². The molecule has 4 nitrogen and oxygen atoms in total. The summed E-state index contributed by atoms with van der Waals surface area (Å²) < 4.78 is 0. The van der Waals surface area contributed by atoms with E-state index >= 15 is 0 Å². The standard InChI is InChI=1S/C13H21N3OS2.HI/c1-2-14-12(15-8-11-4-3-6-19-11)16-9-13(17)5-7-18-10-13;/h3-4,6,17H,2,5,7-10H2,1H3,(H2,14,15,16);1H. The number of halogens is 1. The van der Waals surface area contributed by atoms with E-state index in [9.17, 15) is 5.11 Å². The van der Waals surface area contributed by atoms with E-state index in [1.807, 2.05) is 24.8 Å². The summed E-state index contributed by atoms with van der Waals surface area (Å²) in [5, 5.41) is 18.8. The molecule has 1 unspecified atom stereocenters. The van der Waals surface area contributed by atoms with E-state index in [2.05, 4.69) is 27.1 Å². The Balaban J connectivity index is 0.00000200. The van der Waals surface area contributed by atoms with E-state index in [1.165, 1.54) is 4.88 Å². The number of aliphatic hydroxyl groups is 1. The summed E-state index contributed by atoms with van der Waals surface area (Å²) in [6.45, 7) is 4.11. The van der Waals surface area contributed by atoms with Crippen molar-refractivity contribution < 1.29 is 5.11 Å². The Hall–Kier alpha value is 0.01000. The molecule has 1 aliphatic rings. The first kappa shape index (κ1) is 18.1. The lowest BCUT2D eigenvalue weighted by Crippen LogP contribution is -2.47. The van der Waals surface area contributed by atoms with Gasteiger partial charge in [-0.05, 0) is 30.5 Å². The first-order valence-electron chi connectivity index (χ1n) is 6.56. The largest absolute Gasteiger partial charge is 0.387 e. The Labute approximate surface area is 145 Å². The van der Waals surface area contributed by atoms with Gasteiger partial charge in [0, 0.05) is 23.7 Å². The fourth-order valence-corrected chi connectivity index (χ4v) is 3.81. The summed E-state index contributed by atoms with van der Waals surface area (Å²) >= 11 is 3.52. The van der Waals surface area contributed by atoms with Crippen molar-refractivity contribution in [2.45, 2.75) is 25.5 Å². The summed E-state index contributed by atoms with van der Waals surface area (Å²) in [6, 6.07) is 4.12. The van der Waals surface area contributed by atoms with Crippen molar-refractivity contribution >= 4 is 53.0 Å². The van der Waals surface area contributed by atoms with Gasteiger partial charge in [-0.15, -0.1) is 35.3 Å². The Kier molecular flexibility index (Phi) is 8.23. The van der Waals surface area contributed by atoms with E-state index in [0.717, 1.165) is 30.4 Å². The van der Waals surface area contributed by atoms with Gasteiger partial charge in [0.2, 0.25) is 0 Å². The highest BCUT2D eigenvalue weighted by Gasteiger charge is 2.31. The number of nitrogens with zero attached hydrogens (tertiary/aromatic N) is 1. The van der Waals surface area contributed by atoms with Crippen molar-refractivity contribution in [3.63, 3.8) is 0 Å². The van der Waals surface area contributed by atoms with Gasteiger partial charge in [0.15, 0.2) is 5.96 Å². The number of rotatable bonds is 5. The molecule has 3 N–H and O–H groups in total. The quantitative estimate of drug-likeness (QED) is 0.384. The van der Waals surface area contributed by atoms with Crippen LogP contribution >= 0.6 is 47.1 Å². The maximum Gasteiger partial charge on any atom is 0.191 e. The third kappa shape index (κ3) is 5.79. The van der Waals surface area contributed by atoms with E-state index in [-0.39, 0.29) is 24.0 Å². The van der Waals surface area contributed by atoms with Gasteiger partial charge in [-0.2, -0.15) is 11.8 Å². The molecule has 2 rings (SSSR count). The second-order valence-electron chi connectivity index (χ2n) is 4.66. The zero-order valence-corrected chi connectivity index (χ0v) is 15.6. The van der Waals surface area contributed by atoms with Gasteiger partial charge in [-0.25, -0.2) is 4.99 Å². The van der Waals surface area contributed by atoms with Crippen LogP contribution < -0.4 is 10.6 Å². The van der Waals surface area contributed by atoms with E-state index < -0.39 is 5.60 Å². The number of nitrogens with one attached hydrogen (secondary N) is 2. The third-order valence-corrected chi connectivity index (χ3v) is 5.08. The number of hydrogen-bond acceptors (Lipinski definition) is 4. The van der Waals surface area contributed by atoms with Gasteiger partial charge in [-0.1, -0.05) is 6.07 Å². The zero-order chi connectivity index (χ0) is 13.6. The monoisotopic (exact) mass is 427 g/mol. The van der Waals surface area contributed by atoms with E-state index in [0.29, 0.717) is 13.1 Å². The molecule has 2 heterocycles. The van der Waals surface area contributed by atoms with Gasteiger partial charge in [0.25, 0.3) is 0 Å². The van der Waals surface area contributed by atoms with Crippen LogP contribution in [0.2, 0.25) is 0 Å². The second-order valence-corrected chi connectivity index (χ2v) is 6.79. The van der Waals surface area contributed by atoms with Crippen molar-refractivity contribution in [1.29, 1.82) is 0 Å². The molecular formula is C13H22IN3OS2. The molecule has 1 fully saturated rings. The molecule has 0 aromatic carbocycles. The molecule has 1 aromatic heterocycles. The minimum absolute atomic E-state index is 0. The van der Waals surface area contributed by atoms with Crippen molar-refractivity contribution in [3.8, 4) is 0 Å². The third-order valence-electron chi connectivity index (χ3n) is 2.98. The maximum atomic E-state index is 10.3. The van der Waals surface area contributed by atoms with Gasteiger partial charge in [0.05, 0.1) is 12.1 Å². The fraction of sp³-hybridized carbons (Fsp3) is 0.615. The highest BCUT2D eigenvalue weighted by atomic mass is 127. The smallest absolute Gasteiger partial charge is 0.191 e. The number of aliphatic imine (C=N–C) groups is 1. The SMILES string of the molecule is CCNC(=NCc1cccs1)NCC1(O)CCSC1.I. The Morgan fingerprint density at radius 2 is 2.35 bits per heavy atom. The molecule has 0 amide bonds. The summed E-state index contributed by atoms with van der Waals surface area (Å²) in [4.78, 5) is 5.78. The van der Waals surface area contributed by atoms with Crippen LogP contribution in [0, 0.1) is 0 Å². The molecule has 0 saturated carbocycles. The molecule has 114 valence electrons. The van der Waals surface area contributed by atoms with Crippen molar-refractivity contribution in [1.82, 2.24) is 10.6 Å². The molecule has 0 aliphatic carbocycles. The van der Waals surface area contributed by atoms with E-state index in [1.54, 1.807) is 11.3 Å². The van der Waals surface area contributed by atoms with E-state index in [4.69, 9.17) is 0 Å². The van der Waals surface area contributed by atoms with Crippen molar-refractivity contribution in [3.05, 3.63) is 22.4 Å². The number of guanidine groups is 1. The molecular weight excluding hydrogens is 405 g/mol. The zero-order valence-electron chi connectivity index (χ0n) is 11.6. The van der Waals surface area contributed by atoms with Crippen molar-refractivity contribution in [2.75, 3.05) is 24.6 Å². The minimum Gasteiger partial charge on any atom is -0.387 e. The number of hydrogen-bond donors (Lipinski definition) is 3. The maximum absolute atomic E-state index is 10.3. The normalized spacial score (nSPS) is 22.4. The number of thiophene rings is 1. The van der Waals surface area contributed by atoms with Crippen LogP contribution in [0.5, 0.6) is 0 Å². The Morgan fingerprint density at radius 1 is 1.50 bits per heavy atom. The lowest BCUT2D eigenvalue weighted by Gasteiger charge is -2.23. The highest BCUT2D eigenvalue weighted by Crippen LogP contribution is 2.26. The molecule has 0 radical (unpaired) electrons. The van der Waals surface area contributed by atoms with Crippen LogP contribution in [0.4, 0.5) is 0 Å². The molecule has 0 bridgehead atoms. The predicted octanol–water partition coefficient (Wildman–Crippen LogP) is 2.29. The van der Waals surface area contributed by atoms with Crippen LogP contribution in [0.15, 0.2) is 22.5 Å². The molecule has 1 atom stereocenters. The lowest BCUT2D eigenvalue weighted by molar-refractivity contribution is 0.0724. The summed E-state index contributed by atoms with van der Waals surface area (Å²) in [6.07, 6.45) is 0.856. The van der Waals surface area contributed by atoms with Gasteiger partial charge < -0.3 is 15.7 Å². The van der Waals surface area contributed by atoms with Gasteiger partial charge in [0.1, 0.15) is 0 Å². The fourth-order valence-electron chi connectivity index (χ4n) is 1.89. The summed E-state index contributed by atoms with van der Waals surface area (Å²) in [7, 11) is 0. The van der Waals surface area contributed by atoms with Crippen molar-refractivity contribution in [2.24, 2.45) is 4.99 Å². The lowest BCUT2D eigenvalue weighted by atomic mass is 10.0. The minimum atomic E-state index is -0.580. The first-order chi connectivity index (χ1) is 9.22. The Bertz CT molecular complexity index is 406. The first-order valence-corrected chi connectivity index (χ1v) is 8.60. The van der Waals surface area contributed by atoms with Gasteiger partial charge in [-0.3, -0.25) is 0 Å². The molecule has 1 aromatic rings. The van der Waals surface area contributed by atoms with Crippen LogP contribution in [-0.4, -0.2) is 41.3 Å². The highest BCUT2D eigenvalue weighted by molar-refractivity contribution is 14.0. The molecule has 0 spiro atoms. The molecule has 7 heteroatoms. The molecule has 20 heavy (non-hydrogen) atoms. The van der Waals surface area contributed by atoms with Crippen LogP contribution in [0.3, 0.4) is 0 Å². The summed E-state index contributed by atoms with van der Waals surface area (Å²) in [5.41, 5.74) is -0.580. The second kappa shape index (κ2) is 9.11. The Morgan fingerprint density at radius 3 is 2.95 bits per heavy atom. The average Bonchev–Trinajstić information content (AvgIpc) is 3.05. The predicted molar refractivity (Wildman–Crippen MR) is 99.4 cm³/mol. The van der Waals surface area contributed by atoms with Gasteiger partial charge >= 0.3 is 0 Å². The number of thioether (sulfide) groups is 1. The van der Waals surface area contributed by atoms with Crippen LogP contribution in [0.25, 0.3) is 0 Å².